The second-order valence-corrected chi connectivity index (χ2v) is 6.60. The van der Waals surface area contributed by atoms with Gasteiger partial charge in [-0.05, 0) is 31.6 Å². The summed E-state index contributed by atoms with van der Waals surface area (Å²) in [4.78, 5) is 39.5. The SMILES string of the molecule is CCCNC(=O)[C@@H](C)NC(=O)COC(=O)/C=C/c1nc2ccccc2s1. The normalized spacial score (nSPS) is 12.1. The van der Waals surface area contributed by atoms with E-state index in [4.69, 9.17) is 4.74 Å². The molecule has 0 bridgehead atoms. The molecule has 0 fully saturated rings. The van der Waals surface area contributed by atoms with Gasteiger partial charge in [0.15, 0.2) is 6.61 Å². The van der Waals surface area contributed by atoms with E-state index in [2.05, 4.69) is 15.6 Å². The summed E-state index contributed by atoms with van der Waals surface area (Å²) in [6.45, 7) is 3.60. The van der Waals surface area contributed by atoms with Crippen LogP contribution in [0, 0.1) is 0 Å². The summed E-state index contributed by atoms with van der Waals surface area (Å²) in [5, 5.41) is 5.82. The summed E-state index contributed by atoms with van der Waals surface area (Å²) in [6, 6.07) is 6.97. The Morgan fingerprint density at radius 1 is 1.31 bits per heavy atom. The zero-order valence-electron chi connectivity index (χ0n) is 14.7. The molecule has 2 rings (SSSR count). The van der Waals surface area contributed by atoms with Crippen molar-refractivity contribution in [3.8, 4) is 0 Å². The number of hydrogen-bond acceptors (Lipinski definition) is 6. The molecule has 0 radical (unpaired) electrons. The van der Waals surface area contributed by atoms with Gasteiger partial charge in [-0.3, -0.25) is 9.59 Å². The van der Waals surface area contributed by atoms with Crippen molar-refractivity contribution >= 4 is 45.4 Å². The highest BCUT2D eigenvalue weighted by Gasteiger charge is 2.15. The molecule has 0 aliphatic rings. The minimum Gasteiger partial charge on any atom is -0.452 e. The van der Waals surface area contributed by atoms with Gasteiger partial charge >= 0.3 is 5.97 Å². The monoisotopic (exact) mass is 375 g/mol. The molecule has 7 nitrogen and oxygen atoms in total. The summed E-state index contributed by atoms with van der Waals surface area (Å²) < 4.78 is 5.89. The van der Waals surface area contributed by atoms with Crippen LogP contribution in [0.15, 0.2) is 30.3 Å². The van der Waals surface area contributed by atoms with Crippen LogP contribution in [-0.2, 0) is 19.1 Å². The summed E-state index contributed by atoms with van der Waals surface area (Å²) in [6.07, 6.45) is 3.58. The zero-order chi connectivity index (χ0) is 18.9. The number of benzene rings is 1. The number of aromatic nitrogens is 1. The fraction of sp³-hybridized carbons (Fsp3) is 0.333. The Labute approximate surface area is 155 Å². The Morgan fingerprint density at radius 2 is 2.08 bits per heavy atom. The van der Waals surface area contributed by atoms with Gasteiger partial charge in [0.05, 0.1) is 10.2 Å². The van der Waals surface area contributed by atoms with Gasteiger partial charge in [-0.1, -0.05) is 19.1 Å². The Kier molecular flexibility index (Phi) is 7.28. The van der Waals surface area contributed by atoms with Crippen molar-refractivity contribution in [2.75, 3.05) is 13.2 Å². The lowest BCUT2D eigenvalue weighted by molar-refractivity contribution is -0.144. The van der Waals surface area contributed by atoms with E-state index in [0.717, 1.165) is 16.6 Å². The van der Waals surface area contributed by atoms with Crippen LogP contribution in [0.3, 0.4) is 0 Å². The molecule has 0 saturated carbocycles. The highest BCUT2D eigenvalue weighted by atomic mass is 32.1. The van der Waals surface area contributed by atoms with Crippen molar-refractivity contribution in [2.45, 2.75) is 26.3 Å². The summed E-state index contributed by atoms with van der Waals surface area (Å²) in [5.41, 5.74) is 0.861. The quantitative estimate of drug-likeness (QED) is 0.542. The Balaban J connectivity index is 1.77. The van der Waals surface area contributed by atoms with E-state index in [1.165, 1.54) is 17.4 Å². The predicted octanol–water partition coefficient (Wildman–Crippen LogP) is 1.88. The molecule has 0 unspecified atom stereocenters. The van der Waals surface area contributed by atoms with Gasteiger partial charge in [-0.15, -0.1) is 11.3 Å². The molecule has 2 aromatic rings. The molecule has 2 amide bonds. The van der Waals surface area contributed by atoms with E-state index in [9.17, 15) is 14.4 Å². The molecule has 1 heterocycles. The molecular weight excluding hydrogens is 354 g/mol. The lowest BCUT2D eigenvalue weighted by Crippen LogP contribution is -2.46. The Morgan fingerprint density at radius 3 is 2.81 bits per heavy atom. The van der Waals surface area contributed by atoms with Gasteiger partial charge in [0.1, 0.15) is 11.0 Å². The maximum Gasteiger partial charge on any atom is 0.331 e. The van der Waals surface area contributed by atoms with E-state index in [1.54, 1.807) is 13.0 Å². The molecule has 8 heteroatoms. The van der Waals surface area contributed by atoms with Crippen molar-refractivity contribution in [1.82, 2.24) is 15.6 Å². The van der Waals surface area contributed by atoms with E-state index < -0.39 is 24.5 Å². The van der Waals surface area contributed by atoms with E-state index in [-0.39, 0.29) is 5.91 Å². The second-order valence-electron chi connectivity index (χ2n) is 5.54. The third kappa shape index (κ3) is 5.96. The van der Waals surface area contributed by atoms with Crippen LogP contribution in [0.1, 0.15) is 25.3 Å². The van der Waals surface area contributed by atoms with Crippen LogP contribution in [0.5, 0.6) is 0 Å². The van der Waals surface area contributed by atoms with Crippen molar-refractivity contribution < 1.29 is 19.1 Å². The topological polar surface area (TPSA) is 97.4 Å². The van der Waals surface area contributed by atoms with Crippen LogP contribution in [-0.4, -0.2) is 42.0 Å². The van der Waals surface area contributed by atoms with Crippen molar-refractivity contribution in [3.05, 3.63) is 35.3 Å². The van der Waals surface area contributed by atoms with Gasteiger partial charge in [0.25, 0.3) is 5.91 Å². The van der Waals surface area contributed by atoms with Crippen molar-refractivity contribution in [3.63, 3.8) is 0 Å². The fourth-order valence-corrected chi connectivity index (χ4v) is 2.91. The first-order valence-electron chi connectivity index (χ1n) is 8.27. The number of esters is 1. The summed E-state index contributed by atoms with van der Waals surface area (Å²) in [5.74, 6) is -1.46. The highest BCUT2D eigenvalue weighted by molar-refractivity contribution is 7.19. The first-order valence-corrected chi connectivity index (χ1v) is 9.08. The predicted molar refractivity (Wildman–Crippen MR) is 101 cm³/mol. The number of ether oxygens (including phenoxy) is 1. The smallest absolute Gasteiger partial charge is 0.331 e. The molecule has 138 valence electrons. The average molecular weight is 375 g/mol. The number of fused-ring (bicyclic) bond motifs is 1. The minimum absolute atomic E-state index is 0.276. The molecule has 0 spiro atoms. The van der Waals surface area contributed by atoms with Crippen molar-refractivity contribution in [1.29, 1.82) is 0 Å². The average Bonchev–Trinajstić information content (AvgIpc) is 3.05. The third-order valence-electron chi connectivity index (χ3n) is 3.34. The number of rotatable bonds is 8. The van der Waals surface area contributed by atoms with Crippen LogP contribution in [0.2, 0.25) is 0 Å². The zero-order valence-corrected chi connectivity index (χ0v) is 15.5. The fourth-order valence-electron chi connectivity index (χ4n) is 2.04. The molecule has 0 saturated heterocycles. The number of hydrogen-bond donors (Lipinski definition) is 2. The third-order valence-corrected chi connectivity index (χ3v) is 4.34. The maximum atomic E-state index is 11.7. The molecule has 0 aliphatic carbocycles. The second kappa shape index (κ2) is 9.67. The summed E-state index contributed by atoms with van der Waals surface area (Å²) >= 11 is 1.45. The van der Waals surface area contributed by atoms with E-state index >= 15 is 0 Å². The molecule has 26 heavy (non-hydrogen) atoms. The number of amides is 2. The number of para-hydroxylation sites is 1. The highest BCUT2D eigenvalue weighted by Crippen LogP contribution is 2.22. The lowest BCUT2D eigenvalue weighted by Gasteiger charge is -2.13. The number of carbonyl (C=O) groups excluding carboxylic acids is 3. The molecule has 0 aliphatic heterocycles. The van der Waals surface area contributed by atoms with Gasteiger partial charge in [0.2, 0.25) is 5.91 Å². The van der Waals surface area contributed by atoms with Gasteiger partial charge in [-0.2, -0.15) is 0 Å². The standard InChI is InChI=1S/C18H21N3O4S/c1-3-10-19-18(24)12(2)20-15(22)11-25-17(23)9-8-16-21-13-6-4-5-7-14(13)26-16/h4-9,12H,3,10-11H2,1-2H3,(H,19,24)(H,20,22)/b9-8+/t12-/m1/s1. The molecule has 1 aromatic heterocycles. The van der Waals surface area contributed by atoms with Crippen LogP contribution in [0.25, 0.3) is 16.3 Å². The summed E-state index contributed by atoms with van der Waals surface area (Å²) in [7, 11) is 0. The first kappa shape index (κ1) is 19.6. The Hall–Kier alpha value is -2.74. The first-order chi connectivity index (χ1) is 12.5. The van der Waals surface area contributed by atoms with Crippen molar-refractivity contribution in [2.24, 2.45) is 0 Å². The number of carbonyl (C=O) groups is 3. The molecule has 2 N–H and O–H groups in total. The number of thiazole rings is 1. The minimum atomic E-state index is -0.689. The Bertz CT molecular complexity index is 783. The maximum absolute atomic E-state index is 11.7. The van der Waals surface area contributed by atoms with Gasteiger partial charge in [0, 0.05) is 12.6 Å². The molecular formula is C18H21N3O4S. The van der Waals surface area contributed by atoms with Crippen LogP contribution >= 0.6 is 11.3 Å². The number of nitrogens with zero attached hydrogens (tertiary/aromatic N) is 1. The number of nitrogens with one attached hydrogen (secondary N) is 2. The molecule has 1 aromatic carbocycles. The molecule has 1 atom stereocenters. The van der Waals surface area contributed by atoms with Gasteiger partial charge < -0.3 is 15.4 Å². The van der Waals surface area contributed by atoms with E-state index in [0.29, 0.717) is 11.6 Å². The van der Waals surface area contributed by atoms with Crippen LogP contribution < -0.4 is 10.6 Å². The van der Waals surface area contributed by atoms with Gasteiger partial charge in [-0.25, -0.2) is 9.78 Å². The van der Waals surface area contributed by atoms with Crippen LogP contribution in [0.4, 0.5) is 0 Å². The largest absolute Gasteiger partial charge is 0.452 e. The lowest BCUT2D eigenvalue weighted by atomic mass is 10.3. The van der Waals surface area contributed by atoms with E-state index in [1.807, 2.05) is 31.2 Å².